The number of hydrogen-bond acceptors (Lipinski definition) is 3. The molecule has 0 aliphatic carbocycles. The molecule has 1 heterocycles. The third-order valence-electron chi connectivity index (χ3n) is 2.76. The molecular formula is C14H13ClN2S. The van der Waals surface area contributed by atoms with Crippen molar-refractivity contribution in [1.82, 2.24) is 0 Å². The molecular weight excluding hydrogens is 264 g/mol. The maximum absolute atomic E-state index is 9.05. The Morgan fingerprint density at radius 1 is 1.39 bits per heavy atom. The van der Waals surface area contributed by atoms with Crippen molar-refractivity contribution in [3.63, 3.8) is 0 Å². The van der Waals surface area contributed by atoms with E-state index in [1.165, 1.54) is 10.4 Å². The summed E-state index contributed by atoms with van der Waals surface area (Å²) in [7, 11) is 0. The number of thiophene rings is 1. The summed E-state index contributed by atoms with van der Waals surface area (Å²) in [4.78, 5) is 1.32. The quantitative estimate of drug-likeness (QED) is 0.896. The Morgan fingerprint density at radius 3 is 2.94 bits per heavy atom. The first-order valence-corrected chi connectivity index (χ1v) is 6.99. The van der Waals surface area contributed by atoms with Crippen molar-refractivity contribution in [1.29, 1.82) is 5.26 Å². The Bertz CT molecular complexity index is 584. The zero-order chi connectivity index (χ0) is 13.0. The average molecular weight is 277 g/mol. The fourth-order valence-corrected chi connectivity index (χ4v) is 2.86. The molecule has 1 aromatic heterocycles. The van der Waals surface area contributed by atoms with Gasteiger partial charge >= 0.3 is 0 Å². The lowest BCUT2D eigenvalue weighted by Crippen LogP contribution is -2.01. The Labute approximate surface area is 116 Å². The molecule has 0 aliphatic rings. The summed E-state index contributed by atoms with van der Waals surface area (Å²) in [6.07, 6.45) is 1.03. The number of benzene rings is 1. The van der Waals surface area contributed by atoms with E-state index in [-0.39, 0.29) is 0 Å². The second-order valence-electron chi connectivity index (χ2n) is 3.88. The van der Waals surface area contributed by atoms with Crippen LogP contribution in [-0.4, -0.2) is 0 Å². The SMILES string of the molecule is CCc1ccsc1CNc1ccc(Cl)cc1C#N. The summed E-state index contributed by atoms with van der Waals surface area (Å²) >= 11 is 7.60. The minimum Gasteiger partial charge on any atom is -0.379 e. The summed E-state index contributed by atoms with van der Waals surface area (Å²) in [5.41, 5.74) is 2.77. The summed E-state index contributed by atoms with van der Waals surface area (Å²) in [6.45, 7) is 2.89. The van der Waals surface area contributed by atoms with E-state index in [1.54, 1.807) is 23.5 Å². The Morgan fingerprint density at radius 2 is 2.22 bits per heavy atom. The first-order chi connectivity index (χ1) is 8.74. The van der Waals surface area contributed by atoms with Crippen LogP contribution in [-0.2, 0) is 13.0 Å². The molecule has 0 amide bonds. The van der Waals surface area contributed by atoms with Crippen LogP contribution in [0.15, 0.2) is 29.6 Å². The Kier molecular flexibility index (Phi) is 4.24. The molecule has 18 heavy (non-hydrogen) atoms. The number of nitriles is 1. The highest BCUT2D eigenvalue weighted by atomic mass is 35.5. The van der Waals surface area contributed by atoms with Crippen molar-refractivity contribution >= 4 is 28.6 Å². The van der Waals surface area contributed by atoms with Crippen LogP contribution in [0.2, 0.25) is 5.02 Å². The average Bonchev–Trinajstić information content (AvgIpc) is 2.84. The van der Waals surface area contributed by atoms with Crippen LogP contribution in [0.1, 0.15) is 22.9 Å². The van der Waals surface area contributed by atoms with Crippen molar-refractivity contribution in [2.75, 3.05) is 5.32 Å². The van der Waals surface area contributed by atoms with Crippen molar-refractivity contribution < 1.29 is 0 Å². The van der Waals surface area contributed by atoms with Crippen LogP contribution < -0.4 is 5.32 Å². The number of hydrogen-bond donors (Lipinski definition) is 1. The van der Waals surface area contributed by atoms with Gasteiger partial charge in [-0.15, -0.1) is 11.3 Å². The number of halogens is 1. The van der Waals surface area contributed by atoms with Crippen LogP contribution in [0.3, 0.4) is 0 Å². The number of nitrogens with zero attached hydrogens (tertiary/aromatic N) is 1. The summed E-state index contributed by atoms with van der Waals surface area (Å²) in [5, 5.41) is 15.0. The van der Waals surface area contributed by atoms with Gasteiger partial charge in [0.2, 0.25) is 0 Å². The molecule has 2 aromatic rings. The van der Waals surface area contributed by atoms with E-state index in [4.69, 9.17) is 16.9 Å². The maximum atomic E-state index is 9.05. The minimum atomic E-state index is 0.581. The summed E-state index contributed by atoms with van der Waals surface area (Å²) in [6, 6.07) is 9.62. The molecule has 0 spiro atoms. The summed E-state index contributed by atoms with van der Waals surface area (Å²) < 4.78 is 0. The highest BCUT2D eigenvalue weighted by Gasteiger charge is 2.05. The molecule has 1 aromatic carbocycles. The third-order valence-corrected chi connectivity index (χ3v) is 3.96. The third kappa shape index (κ3) is 2.84. The molecule has 4 heteroatoms. The molecule has 2 nitrogen and oxygen atoms in total. The van der Waals surface area contributed by atoms with Gasteiger partial charge in [-0.05, 0) is 41.6 Å². The van der Waals surface area contributed by atoms with Crippen molar-refractivity contribution in [2.45, 2.75) is 19.9 Å². The molecule has 0 radical (unpaired) electrons. The number of aryl methyl sites for hydroxylation is 1. The molecule has 0 saturated carbocycles. The van der Waals surface area contributed by atoms with Crippen molar-refractivity contribution in [3.8, 4) is 6.07 Å². The first kappa shape index (κ1) is 12.9. The van der Waals surface area contributed by atoms with Crippen molar-refractivity contribution in [3.05, 3.63) is 50.7 Å². The van der Waals surface area contributed by atoms with Crippen LogP contribution >= 0.6 is 22.9 Å². The van der Waals surface area contributed by atoms with E-state index >= 15 is 0 Å². The van der Waals surface area contributed by atoms with Crippen LogP contribution in [0, 0.1) is 11.3 Å². The van der Waals surface area contributed by atoms with E-state index < -0.39 is 0 Å². The van der Waals surface area contributed by atoms with E-state index in [1.807, 2.05) is 6.07 Å². The lowest BCUT2D eigenvalue weighted by atomic mass is 10.2. The highest BCUT2D eigenvalue weighted by molar-refractivity contribution is 7.10. The van der Waals surface area contributed by atoms with E-state index in [0.29, 0.717) is 10.6 Å². The Balaban J connectivity index is 2.14. The smallest absolute Gasteiger partial charge is 0.101 e. The second kappa shape index (κ2) is 5.90. The van der Waals surface area contributed by atoms with Gasteiger partial charge in [0.15, 0.2) is 0 Å². The first-order valence-electron chi connectivity index (χ1n) is 5.73. The van der Waals surface area contributed by atoms with Gasteiger partial charge in [-0.2, -0.15) is 5.26 Å². The topological polar surface area (TPSA) is 35.8 Å². The fraction of sp³-hybridized carbons (Fsp3) is 0.214. The number of nitrogens with one attached hydrogen (secondary N) is 1. The van der Waals surface area contributed by atoms with Gasteiger partial charge in [0, 0.05) is 16.4 Å². The lowest BCUT2D eigenvalue weighted by Gasteiger charge is -2.08. The largest absolute Gasteiger partial charge is 0.379 e. The molecule has 0 unspecified atom stereocenters. The minimum absolute atomic E-state index is 0.581. The molecule has 1 N–H and O–H groups in total. The molecule has 92 valence electrons. The predicted molar refractivity (Wildman–Crippen MR) is 77.2 cm³/mol. The van der Waals surface area contributed by atoms with Gasteiger partial charge in [-0.1, -0.05) is 18.5 Å². The maximum Gasteiger partial charge on any atom is 0.101 e. The van der Waals surface area contributed by atoms with Crippen LogP contribution in [0.25, 0.3) is 0 Å². The lowest BCUT2D eigenvalue weighted by molar-refractivity contribution is 1.08. The molecule has 0 saturated heterocycles. The van der Waals surface area contributed by atoms with Crippen LogP contribution in [0.4, 0.5) is 5.69 Å². The monoisotopic (exact) mass is 276 g/mol. The van der Waals surface area contributed by atoms with Gasteiger partial charge in [0.1, 0.15) is 6.07 Å². The van der Waals surface area contributed by atoms with E-state index in [9.17, 15) is 0 Å². The van der Waals surface area contributed by atoms with E-state index in [2.05, 4.69) is 29.8 Å². The molecule has 0 atom stereocenters. The summed E-state index contributed by atoms with van der Waals surface area (Å²) in [5.74, 6) is 0. The second-order valence-corrected chi connectivity index (χ2v) is 5.31. The van der Waals surface area contributed by atoms with Gasteiger partial charge < -0.3 is 5.32 Å². The van der Waals surface area contributed by atoms with Crippen LogP contribution in [0.5, 0.6) is 0 Å². The van der Waals surface area contributed by atoms with Gasteiger partial charge in [-0.3, -0.25) is 0 Å². The van der Waals surface area contributed by atoms with Crippen molar-refractivity contribution in [2.24, 2.45) is 0 Å². The fourth-order valence-electron chi connectivity index (χ4n) is 1.78. The van der Waals surface area contributed by atoms with Gasteiger partial charge in [-0.25, -0.2) is 0 Å². The number of anilines is 1. The molecule has 0 fully saturated rings. The highest BCUT2D eigenvalue weighted by Crippen LogP contribution is 2.23. The molecule has 0 bridgehead atoms. The standard InChI is InChI=1S/C14H13ClN2S/c1-2-10-5-6-18-14(10)9-17-13-4-3-12(15)7-11(13)8-16/h3-7,17H,2,9H2,1H3. The predicted octanol–water partition coefficient (Wildman–Crippen LogP) is 4.45. The molecule has 2 rings (SSSR count). The zero-order valence-electron chi connectivity index (χ0n) is 10.0. The Hall–Kier alpha value is -1.50. The normalized spacial score (nSPS) is 10.1. The number of rotatable bonds is 4. The van der Waals surface area contributed by atoms with Gasteiger partial charge in [0.05, 0.1) is 11.3 Å². The van der Waals surface area contributed by atoms with E-state index in [0.717, 1.165) is 18.7 Å². The zero-order valence-corrected chi connectivity index (χ0v) is 11.6. The van der Waals surface area contributed by atoms with Gasteiger partial charge in [0.25, 0.3) is 0 Å². The molecule has 0 aliphatic heterocycles.